The van der Waals surface area contributed by atoms with E-state index in [0.29, 0.717) is 29.1 Å². The fourth-order valence-corrected chi connectivity index (χ4v) is 2.63. The molecule has 0 radical (unpaired) electrons. The molecule has 138 valence electrons. The smallest absolute Gasteiger partial charge is 0.341 e. The maximum absolute atomic E-state index is 12.5. The first-order valence-electron chi connectivity index (χ1n) is 8.67. The van der Waals surface area contributed by atoms with E-state index in [1.165, 1.54) is 6.92 Å². The summed E-state index contributed by atoms with van der Waals surface area (Å²) in [6.45, 7) is 3.86. The van der Waals surface area contributed by atoms with Crippen LogP contribution in [0, 0.1) is 0 Å². The normalized spacial score (nSPS) is 11.6. The number of esters is 1. The Hall–Kier alpha value is -3.41. The highest BCUT2D eigenvalue weighted by Gasteiger charge is 2.21. The molecule has 2 aromatic carbocycles. The van der Waals surface area contributed by atoms with Crippen LogP contribution in [0.1, 0.15) is 24.2 Å². The lowest BCUT2D eigenvalue weighted by atomic mass is 10.1. The van der Waals surface area contributed by atoms with Crippen LogP contribution in [0.5, 0.6) is 5.75 Å². The number of carbonyl (C=O) groups is 2. The summed E-state index contributed by atoms with van der Waals surface area (Å²) in [6.07, 6.45) is 0.631. The van der Waals surface area contributed by atoms with E-state index in [2.05, 4.69) is 10.3 Å². The van der Waals surface area contributed by atoms with Crippen molar-refractivity contribution in [2.75, 3.05) is 11.9 Å². The predicted octanol–water partition coefficient (Wildman–Crippen LogP) is 3.82. The van der Waals surface area contributed by atoms with E-state index < -0.39 is 18.0 Å². The van der Waals surface area contributed by atoms with Crippen molar-refractivity contribution >= 4 is 28.5 Å². The van der Waals surface area contributed by atoms with Crippen LogP contribution in [0.15, 0.2) is 60.8 Å². The number of hydrogen-bond acceptors (Lipinski definition) is 5. The topological polar surface area (TPSA) is 77.5 Å². The number of nitrogens with one attached hydrogen (secondary N) is 1. The average molecular weight is 364 g/mol. The third kappa shape index (κ3) is 4.23. The third-order valence-electron chi connectivity index (χ3n) is 3.95. The van der Waals surface area contributed by atoms with E-state index in [1.54, 1.807) is 42.6 Å². The first-order chi connectivity index (χ1) is 13.1. The maximum Gasteiger partial charge on any atom is 0.341 e. The van der Waals surface area contributed by atoms with E-state index in [-0.39, 0.29) is 0 Å². The number of aromatic nitrogens is 1. The molecular weight excluding hydrogens is 344 g/mol. The molecule has 0 aliphatic carbocycles. The van der Waals surface area contributed by atoms with Crippen LogP contribution in [0.25, 0.3) is 10.9 Å². The van der Waals surface area contributed by atoms with Gasteiger partial charge < -0.3 is 14.8 Å². The molecule has 0 aliphatic rings. The largest absolute Gasteiger partial charge is 0.492 e. The second kappa shape index (κ2) is 8.31. The number of rotatable bonds is 6. The van der Waals surface area contributed by atoms with Crippen LogP contribution in [0.2, 0.25) is 0 Å². The van der Waals surface area contributed by atoms with Gasteiger partial charge in [0.2, 0.25) is 0 Å². The molecule has 1 aromatic heterocycles. The zero-order valence-electron chi connectivity index (χ0n) is 15.1. The number of nitrogens with zero attached hydrogens (tertiary/aromatic N) is 1. The first kappa shape index (κ1) is 18.4. The van der Waals surface area contributed by atoms with E-state index in [1.807, 2.05) is 25.1 Å². The molecule has 1 amide bonds. The number of anilines is 1. The summed E-state index contributed by atoms with van der Waals surface area (Å²) < 4.78 is 10.8. The lowest BCUT2D eigenvalue weighted by molar-refractivity contribution is -0.123. The van der Waals surface area contributed by atoms with Crippen LogP contribution in [-0.4, -0.2) is 29.6 Å². The predicted molar refractivity (Wildman–Crippen MR) is 103 cm³/mol. The van der Waals surface area contributed by atoms with Crippen LogP contribution < -0.4 is 10.1 Å². The minimum Gasteiger partial charge on any atom is -0.492 e. The standard InChI is InChI=1S/C21H20N2O4/c1-3-26-18-12-5-4-11-17(18)23-20(24)14(2)27-21(25)16-10-6-8-15-9-7-13-22-19(15)16/h4-14H,3H2,1-2H3,(H,23,24)/t14-/m1/s1. The molecule has 6 nitrogen and oxygen atoms in total. The second-order valence-electron chi connectivity index (χ2n) is 5.85. The van der Waals surface area contributed by atoms with Crippen molar-refractivity contribution in [3.8, 4) is 5.75 Å². The van der Waals surface area contributed by atoms with Crippen molar-refractivity contribution in [2.45, 2.75) is 20.0 Å². The first-order valence-corrected chi connectivity index (χ1v) is 8.67. The van der Waals surface area contributed by atoms with Crippen LogP contribution in [0.3, 0.4) is 0 Å². The lowest BCUT2D eigenvalue weighted by Crippen LogP contribution is -2.30. The number of para-hydroxylation sites is 3. The monoisotopic (exact) mass is 364 g/mol. The van der Waals surface area contributed by atoms with Gasteiger partial charge in [-0.2, -0.15) is 0 Å². The molecule has 0 aliphatic heterocycles. The fourth-order valence-electron chi connectivity index (χ4n) is 2.63. The zero-order valence-corrected chi connectivity index (χ0v) is 15.1. The van der Waals surface area contributed by atoms with Gasteiger partial charge >= 0.3 is 5.97 Å². The molecular formula is C21H20N2O4. The molecule has 0 saturated carbocycles. The molecule has 0 saturated heterocycles. The SMILES string of the molecule is CCOc1ccccc1NC(=O)[C@@H](C)OC(=O)c1cccc2cccnc12. The van der Waals surface area contributed by atoms with Gasteiger partial charge in [-0.25, -0.2) is 4.79 Å². The number of hydrogen-bond donors (Lipinski definition) is 1. The zero-order chi connectivity index (χ0) is 19.2. The molecule has 0 spiro atoms. The minimum absolute atomic E-state index is 0.322. The minimum atomic E-state index is -0.980. The quantitative estimate of drug-likeness (QED) is 0.673. The van der Waals surface area contributed by atoms with Gasteiger partial charge in [0.1, 0.15) is 5.75 Å². The van der Waals surface area contributed by atoms with Crippen LogP contribution in [-0.2, 0) is 9.53 Å². The molecule has 6 heteroatoms. The van der Waals surface area contributed by atoms with E-state index in [4.69, 9.17) is 9.47 Å². The molecule has 1 atom stereocenters. The molecule has 0 bridgehead atoms. The Morgan fingerprint density at radius 2 is 1.85 bits per heavy atom. The summed E-state index contributed by atoms with van der Waals surface area (Å²) in [7, 11) is 0. The van der Waals surface area contributed by atoms with Gasteiger partial charge in [0.25, 0.3) is 5.91 Å². The van der Waals surface area contributed by atoms with Gasteiger partial charge in [0.05, 0.1) is 23.4 Å². The number of benzene rings is 2. The summed E-state index contributed by atoms with van der Waals surface area (Å²) in [5.74, 6) is -0.478. The van der Waals surface area contributed by atoms with E-state index in [9.17, 15) is 9.59 Å². The molecule has 1 N–H and O–H groups in total. The number of ether oxygens (including phenoxy) is 2. The average Bonchev–Trinajstić information content (AvgIpc) is 2.69. The fraction of sp³-hybridized carbons (Fsp3) is 0.190. The van der Waals surface area contributed by atoms with Crippen molar-refractivity contribution in [2.24, 2.45) is 0 Å². The number of amides is 1. The van der Waals surface area contributed by atoms with Gasteiger partial charge in [0, 0.05) is 11.6 Å². The summed E-state index contributed by atoms with van der Waals surface area (Å²) >= 11 is 0. The highest BCUT2D eigenvalue weighted by Crippen LogP contribution is 2.24. The van der Waals surface area contributed by atoms with E-state index >= 15 is 0 Å². The molecule has 3 aromatic rings. The molecule has 1 heterocycles. The second-order valence-corrected chi connectivity index (χ2v) is 5.85. The van der Waals surface area contributed by atoms with Gasteiger partial charge in [-0.15, -0.1) is 0 Å². The van der Waals surface area contributed by atoms with Crippen molar-refractivity contribution in [1.82, 2.24) is 4.98 Å². The summed E-state index contributed by atoms with van der Waals surface area (Å²) in [4.78, 5) is 29.2. The summed E-state index contributed by atoms with van der Waals surface area (Å²) in [5, 5.41) is 3.56. The Morgan fingerprint density at radius 3 is 2.67 bits per heavy atom. The van der Waals surface area contributed by atoms with Crippen molar-refractivity contribution in [1.29, 1.82) is 0 Å². The Morgan fingerprint density at radius 1 is 1.07 bits per heavy atom. The van der Waals surface area contributed by atoms with Crippen LogP contribution in [0.4, 0.5) is 5.69 Å². The van der Waals surface area contributed by atoms with Crippen molar-refractivity contribution in [3.05, 3.63) is 66.4 Å². The number of pyridine rings is 1. The van der Waals surface area contributed by atoms with Gasteiger partial charge in [-0.05, 0) is 38.1 Å². The maximum atomic E-state index is 12.5. The molecule has 3 rings (SSSR count). The van der Waals surface area contributed by atoms with Gasteiger partial charge in [-0.1, -0.05) is 30.3 Å². The Kier molecular flexibility index (Phi) is 5.66. The third-order valence-corrected chi connectivity index (χ3v) is 3.95. The van der Waals surface area contributed by atoms with E-state index in [0.717, 1.165) is 5.39 Å². The summed E-state index contributed by atoms with van der Waals surface area (Å²) in [5.41, 5.74) is 1.39. The highest BCUT2D eigenvalue weighted by atomic mass is 16.5. The Balaban J connectivity index is 1.72. The molecule has 0 fully saturated rings. The number of carbonyl (C=O) groups excluding carboxylic acids is 2. The molecule has 0 unspecified atom stereocenters. The van der Waals surface area contributed by atoms with Crippen LogP contribution >= 0.6 is 0 Å². The van der Waals surface area contributed by atoms with Gasteiger partial charge in [0.15, 0.2) is 6.10 Å². The molecule has 27 heavy (non-hydrogen) atoms. The number of fused-ring (bicyclic) bond motifs is 1. The Labute approximate surface area is 157 Å². The Bertz CT molecular complexity index is 966. The summed E-state index contributed by atoms with van der Waals surface area (Å²) in [6, 6.07) is 16.0. The van der Waals surface area contributed by atoms with Gasteiger partial charge in [-0.3, -0.25) is 9.78 Å². The van der Waals surface area contributed by atoms with Crippen molar-refractivity contribution < 1.29 is 19.1 Å². The van der Waals surface area contributed by atoms with Crippen molar-refractivity contribution in [3.63, 3.8) is 0 Å². The lowest BCUT2D eigenvalue weighted by Gasteiger charge is -2.16. The highest BCUT2D eigenvalue weighted by molar-refractivity contribution is 6.04.